The van der Waals surface area contributed by atoms with E-state index in [1.807, 2.05) is 54.6 Å². The summed E-state index contributed by atoms with van der Waals surface area (Å²) in [4.78, 5) is 21.2. The summed E-state index contributed by atoms with van der Waals surface area (Å²) in [6, 6.07) is 17.8. The largest absolute Gasteiger partial charge is 0.489 e. The first kappa shape index (κ1) is 20.9. The van der Waals surface area contributed by atoms with Crippen molar-refractivity contribution in [2.45, 2.75) is 31.8 Å². The molecule has 2 unspecified atom stereocenters. The normalized spacial score (nSPS) is 17.8. The van der Waals surface area contributed by atoms with Gasteiger partial charge in [-0.1, -0.05) is 42.5 Å². The van der Waals surface area contributed by atoms with Gasteiger partial charge in [-0.15, -0.1) is 0 Å². The summed E-state index contributed by atoms with van der Waals surface area (Å²) >= 11 is 0. The van der Waals surface area contributed by atoms with Gasteiger partial charge in [0.2, 0.25) is 0 Å². The van der Waals surface area contributed by atoms with E-state index in [0.717, 1.165) is 35.5 Å². The maximum absolute atomic E-state index is 12.0. The number of carbonyl (C=O) groups is 1. The SMILES string of the molecule is COC(=O)C1CCC(c2nc(-c3cccc(OCc4ccccc4)c3)c3c(N)ncnn23)C1. The van der Waals surface area contributed by atoms with Crippen LogP contribution in [0.25, 0.3) is 16.8 Å². The van der Waals surface area contributed by atoms with Crippen molar-refractivity contribution in [3.05, 3.63) is 72.3 Å². The van der Waals surface area contributed by atoms with Gasteiger partial charge in [0.05, 0.1) is 13.0 Å². The molecule has 1 saturated carbocycles. The van der Waals surface area contributed by atoms with Crippen LogP contribution in [0.1, 0.15) is 36.6 Å². The highest BCUT2D eigenvalue weighted by atomic mass is 16.5. The summed E-state index contributed by atoms with van der Waals surface area (Å²) in [6.07, 6.45) is 3.71. The molecular formula is C25H25N5O3. The Hall–Kier alpha value is -3.94. The molecule has 5 rings (SSSR count). The molecule has 0 aliphatic heterocycles. The molecule has 1 fully saturated rings. The van der Waals surface area contributed by atoms with Gasteiger partial charge in [-0.3, -0.25) is 4.79 Å². The first-order valence-corrected chi connectivity index (χ1v) is 11.0. The van der Waals surface area contributed by atoms with Crippen LogP contribution in [0, 0.1) is 5.92 Å². The number of ether oxygens (including phenoxy) is 2. The van der Waals surface area contributed by atoms with Crippen LogP contribution < -0.4 is 10.5 Å². The van der Waals surface area contributed by atoms with Crippen molar-refractivity contribution >= 4 is 17.3 Å². The topological polar surface area (TPSA) is 105 Å². The van der Waals surface area contributed by atoms with E-state index in [4.69, 9.17) is 20.2 Å². The molecular weight excluding hydrogens is 418 g/mol. The molecule has 0 saturated heterocycles. The number of aromatic nitrogens is 4. The lowest BCUT2D eigenvalue weighted by atomic mass is 10.0. The number of hydrogen-bond acceptors (Lipinski definition) is 7. The van der Waals surface area contributed by atoms with Crippen LogP contribution >= 0.6 is 0 Å². The van der Waals surface area contributed by atoms with Gasteiger partial charge in [0.25, 0.3) is 0 Å². The number of rotatable bonds is 6. The van der Waals surface area contributed by atoms with Gasteiger partial charge in [-0.25, -0.2) is 14.5 Å². The zero-order valence-corrected chi connectivity index (χ0v) is 18.3. The van der Waals surface area contributed by atoms with Gasteiger partial charge in [0.1, 0.15) is 35.7 Å². The lowest BCUT2D eigenvalue weighted by Gasteiger charge is -2.08. The Kier molecular flexibility index (Phi) is 5.64. The number of nitrogens with two attached hydrogens (primary N) is 1. The molecule has 2 aromatic heterocycles. The number of hydrogen-bond donors (Lipinski definition) is 1. The van der Waals surface area contributed by atoms with E-state index in [-0.39, 0.29) is 17.8 Å². The molecule has 2 N–H and O–H groups in total. The standard InChI is InChI=1S/C25H25N5O3/c1-32-25(31)19-11-10-18(12-19)24-29-21(22-23(26)27-15-28-30(22)24)17-8-5-9-20(13-17)33-14-16-6-3-2-4-7-16/h2-9,13,15,18-19H,10-12,14H2,1H3,(H2,26,27,28). The van der Waals surface area contributed by atoms with E-state index >= 15 is 0 Å². The number of esters is 1. The summed E-state index contributed by atoms with van der Waals surface area (Å²) in [7, 11) is 1.43. The Labute approximate surface area is 191 Å². The molecule has 2 aromatic carbocycles. The van der Waals surface area contributed by atoms with Crippen molar-refractivity contribution < 1.29 is 14.3 Å². The third kappa shape index (κ3) is 4.11. The van der Waals surface area contributed by atoms with E-state index in [2.05, 4.69) is 10.1 Å². The third-order valence-electron chi connectivity index (χ3n) is 6.17. The van der Waals surface area contributed by atoms with Gasteiger partial charge in [0, 0.05) is 11.5 Å². The Morgan fingerprint density at radius 3 is 2.82 bits per heavy atom. The highest BCUT2D eigenvalue weighted by Crippen LogP contribution is 2.40. The highest BCUT2D eigenvalue weighted by Gasteiger charge is 2.35. The summed E-state index contributed by atoms with van der Waals surface area (Å²) < 4.78 is 12.7. The van der Waals surface area contributed by atoms with Gasteiger partial charge in [-0.05, 0) is 37.0 Å². The van der Waals surface area contributed by atoms with E-state index in [1.54, 1.807) is 4.52 Å². The number of anilines is 1. The minimum absolute atomic E-state index is 0.0853. The molecule has 8 heteroatoms. The summed E-state index contributed by atoms with van der Waals surface area (Å²) in [5, 5.41) is 4.44. The predicted molar refractivity (Wildman–Crippen MR) is 124 cm³/mol. The number of benzene rings is 2. The van der Waals surface area contributed by atoms with Crippen LogP contribution in [0.2, 0.25) is 0 Å². The molecule has 0 bridgehead atoms. The second-order valence-electron chi connectivity index (χ2n) is 8.26. The fraction of sp³-hybridized carbons (Fsp3) is 0.280. The average Bonchev–Trinajstić information content (AvgIpc) is 3.49. The number of nitrogen functional groups attached to an aromatic ring is 1. The summed E-state index contributed by atoms with van der Waals surface area (Å²) in [6.45, 7) is 0.474. The van der Waals surface area contributed by atoms with Crippen LogP contribution in [-0.2, 0) is 16.1 Å². The quantitative estimate of drug-likeness (QED) is 0.449. The maximum Gasteiger partial charge on any atom is 0.308 e. The minimum Gasteiger partial charge on any atom is -0.489 e. The molecule has 168 valence electrons. The molecule has 1 aliphatic carbocycles. The number of fused-ring (bicyclic) bond motifs is 1. The van der Waals surface area contributed by atoms with E-state index < -0.39 is 0 Å². The molecule has 8 nitrogen and oxygen atoms in total. The number of methoxy groups -OCH3 is 1. The van der Waals surface area contributed by atoms with Crippen molar-refractivity contribution in [2.24, 2.45) is 5.92 Å². The van der Waals surface area contributed by atoms with Crippen molar-refractivity contribution in [1.82, 2.24) is 19.6 Å². The highest BCUT2D eigenvalue weighted by molar-refractivity contribution is 5.85. The summed E-state index contributed by atoms with van der Waals surface area (Å²) in [5.74, 6) is 1.68. The molecule has 33 heavy (non-hydrogen) atoms. The van der Waals surface area contributed by atoms with Crippen LogP contribution in [0.15, 0.2) is 60.9 Å². The van der Waals surface area contributed by atoms with Crippen LogP contribution in [0.5, 0.6) is 5.75 Å². The van der Waals surface area contributed by atoms with Gasteiger partial charge < -0.3 is 15.2 Å². The maximum atomic E-state index is 12.0. The smallest absolute Gasteiger partial charge is 0.308 e. The molecule has 0 amide bonds. The minimum atomic E-state index is -0.170. The molecule has 2 heterocycles. The Morgan fingerprint density at radius 1 is 1.15 bits per heavy atom. The predicted octanol–water partition coefficient (Wildman–Crippen LogP) is 4.01. The first-order valence-electron chi connectivity index (χ1n) is 11.0. The van der Waals surface area contributed by atoms with Crippen LogP contribution in [-0.4, -0.2) is 32.7 Å². The monoisotopic (exact) mass is 443 g/mol. The van der Waals surface area contributed by atoms with Crippen LogP contribution in [0.3, 0.4) is 0 Å². The Bertz CT molecular complexity index is 1290. The van der Waals surface area contributed by atoms with Crippen LogP contribution in [0.4, 0.5) is 5.82 Å². The van der Waals surface area contributed by atoms with Crippen molar-refractivity contribution in [2.75, 3.05) is 12.8 Å². The second kappa shape index (κ2) is 8.90. The van der Waals surface area contributed by atoms with E-state index in [0.29, 0.717) is 30.1 Å². The summed E-state index contributed by atoms with van der Waals surface area (Å²) in [5.41, 5.74) is 9.59. The lowest BCUT2D eigenvalue weighted by molar-refractivity contribution is -0.145. The lowest BCUT2D eigenvalue weighted by Crippen LogP contribution is -2.13. The number of carbonyl (C=O) groups excluding carboxylic acids is 1. The average molecular weight is 444 g/mol. The van der Waals surface area contributed by atoms with Gasteiger partial charge in [0.15, 0.2) is 5.82 Å². The number of imidazole rings is 1. The fourth-order valence-electron chi connectivity index (χ4n) is 4.51. The zero-order chi connectivity index (χ0) is 22.8. The zero-order valence-electron chi connectivity index (χ0n) is 18.3. The van der Waals surface area contributed by atoms with Gasteiger partial charge >= 0.3 is 5.97 Å². The fourth-order valence-corrected chi connectivity index (χ4v) is 4.51. The molecule has 0 spiro atoms. The second-order valence-corrected chi connectivity index (χ2v) is 8.26. The third-order valence-corrected chi connectivity index (χ3v) is 6.17. The van der Waals surface area contributed by atoms with Gasteiger partial charge in [-0.2, -0.15) is 5.10 Å². The molecule has 0 radical (unpaired) electrons. The van der Waals surface area contributed by atoms with Crippen molar-refractivity contribution in [1.29, 1.82) is 0 Å². The van der Waals surface area contributed by atoms with E-state index in [1.165, 1.54) is 13.4 Å². The van der Waals surface area contributed by atoms with E-state index in [9.17, 15) is 4.79 Å². The van der Waals surface area contributed by atoms with Crippen molar-refractivity contribution in [3.63, 3.8) is 0 Å². The molecule has 1 aliphatic rings. The first-order chi connectivity index (χ1) is 16.1. The Morgan fingerprint density at radius 2 is 2.00 bits per heavy atom. The Balaban J connectivity index is 1.48. The molecule has 4 aromatic rings. The van der Waals surface area contributed by atoms with Crippen molar-refractivity contribution in [3.8, 4) is 17.0 Å². The molecule has 2 atom stereocenters. The number of nitrogens with zero attached hydrogens (tertiary/aromatic N) is 4.